The molecule has 0 heterocycles. The second-order valence-electron chi connectivity index (χ2n) is 3.00. The van der Waals surface area contributed by atoms with Gasteiger partial charge in [0.05, 0.1) is 0 Å². The molecule has 0 aliphatic rings. The Balaban J connectivity index is 0.00000128. The monoisotopic (exact) mass is 246 g/mol. The molecule has 0 spiro atoms. The Bertz CT molecular complexity index is 595. The van der Waals surface area contributed by atoms with Crippen molar-refractivity contribution in [3.05, 3.63) is 42.5 Å². The summed E-state index contributed by atoms with van der Waals surface area (Å²) in [6.45, 7) is 0. The van der Waals surface area contributed by atoms with Gasteiger partial charge in [-0.15, -0.1) is 0 Å². The number of fused-ring (bicyclic) bond motifs is 1. The molecular weight excluding hydrogens is 239 g/mol. The molecule has 16 heavy (non-hydrogen) atoms. The maximum absolute atomic E-state index is 10.4. The molecule has 2 aromatic rings. The van der Waals surface area contributed by atoms with E-state index in [0.717, 1.165) is 10.8 Å². The van der Waals surface area contributed by atoms with Crippen molar-refractivity contribution < 1.29 is 46.7 Å². The van der Waals surface area contributed by atoms with Crippen LogP contribution in [0.4, 0.5) is 0 Å². The zero-order valence-corrected chi connectivity index (χ0v) is 11.4. The van der Waals surface area contributed by atoms with E-state index < -0.39 is 10.4 Å². The van der Waals surface area contributed by atoms with E-state index in [2.05, 4.69) is 4.18 Å². The van der Waals surface area contributed by atoms with Crippen molar-refractivity contribution >= 4 is 21.2 Å². The van der Waals surface area contributed by atoms with E-state index in [9.17, 15) is 13.0 Å². The summed E-state index contributed by atoms with van der Waals surface area (Å²) in [7, 11) is -4.70. The molecule has 0 aliphatic carbocycles. The molecule has 0 saturated carbocycles. The van der Waals surface area contributed by atoms with Gasteiger partial charge in [-0.3, -0.25) is 0 Å². The van der Waals surface area contributed by atoms with Gasteiger partial charge < -0.3 is 8.74 Å². The van der Waals surface area contributed by atoms with Gasteiger partial charge in [-0.2, -0.15) is 0 Å². The summed E-state index contributed by atoms with van der Waals surface area (Å²) in [5, 5.41) is 1.77. The van der Waals surface area contributed by atoms with E-state index >= 15 is 0 Å². The quantitative estimate of drug-likeness (QED) is 0.374. The number of hydrogen-bond donors (Lipinski definition) is 0. The minimum Gasteiger partial charge on any atom is -0.716 e. The summed E-state index contributed by atoms with van der Waals surface area (Å²) in [5.41, 5.74) is 0. The first kappa shape index (κ1) is 13.5. The smallest absolute Gasteiger partial charge is 0.716 e. The van der Waals surface area contributed by atoms with Gasteiger partial charge >= 0.3 is 29.6 Å². The third-order valence-corrected chi connectivity index (χ3v) is 2.32. The van der Waals surface area contributed by atoms with Gasteiger partial charge in [-0.05, 0) is 22.9 Å². The van der Waals surface area contributed by atoms with Crippen LogP contribution in [0.15, 0.2) is 42.5 Å². The van der Waals surface area contributed by atoms with E-state index in [0.29, 0.717) is 0 Å². The molecule has 0 aromatic heterocycles. The second-order valence-corrected chi connectivity index (χ2v) is 3.98. The molecule has 78 valence electrons. The van der Waals surface area contributed by atoms with Crippen LogP contribution in [0.3, 0.4) is 0 Å². The SMILES string of the molecule is O=S(=O)([O-])Oc1ccc2ccccc2c1.[Na+]. The Morgan fingerprint density at radius 1 is 1.00 bits per heavy atom. The molecule has 0 atom stereocenters. The summed E-state index contributed by atoms with van der Waals surface area (Å²) in [4.78, 5) is 0. The predicted octanol–water partition coefficient (Wildman–Crippen LogP) is -1.32. The van der Waals surface area contributed by atoms with Crippen LogP contribution >= 0.6 is 0 Å². The zero-order chi connectivity index (χ0) is 10.9. The molecule has 4 nitrogen and oxygen atoms in total. The van der Waals surface area contributed by atoms with Gasteiger partial charge in [0.1, 0.15) is 5.75 Å². The van der Waals surface area contributed by atoms with Crippen LogP contribution in [-0.2, 0) is 10.4 Å². The second kappa shape index (κ2) is 5.16. The number of hydrogen-bond acceptors (Lipinski definition) is 4. The first-order valence-electron chi connectivity index (χ1n) is 4.19. The summed E-state index contributed by atoms with van der Waals surface area (Å²) >= 11 is 0. The van der Waals surface area contributed by atoms with Crippen molar-refractivity contribution in [2.75, 3.05) is 0 Å². The molecular formula is C10H7NaO4S. The van der Waals surface area contributed by atoms with Crippen molar-refractivity contribution in [2.45, 2.75) is 0 Å². The van der Waals surface area contributed by atoms with E-state index in [4.69, 9.17) is 0 Å². The van der Waals surface area contributed by atoms with Crippen LogP contribution in [0.5, 0.6) is 5.75 Å². The molecule has 0 amide bonds. The van der Waals surface area contributed by atoms with E-state index in [1.165, 1.54) is 12.1 Å². The van der Waals surface area contributed by atoms with Crippen LogP contribution in [0.1, 0.15) is 0 Å². The minimum atomic E-state index is -4.70. The summed E-state index contributed by atoms with van der Waals surface area (Å²) in [5.74, 6) is 0.0312. The maximum Gasteiger partial charge on any atom is 1.00 e. The average Bonchev–Trinajstić information content (AvgIpc) is 2.15. The van der Waals surface area contributed by atoms with Gasteiger partial charge in [-0.25, -0.2) is 8.42 Å². The molecule has 0 saturated heterocycles. The molecule has 0 N–H and O–H groups in total. The normalized spacial score (nSPS) is 10.8. The van der Waals surface area contributed by atoms with Gasteiger partial charge in [-0.1, -0.05) is 30.3 Å². The van der Waals surface area contributed by atoms with Crippen LogP contribution in [0.2, 0.25) is 0 Å². The largest absolute Gasteiger partial charge is 1.00 e. The molecule has 6 heteroatoms. The Morgan fingerprint density at radius 3 is 2.25 bits per heavy atom. The molecule has 0 bridgehead atoms. The Morgan fingerprint density at radius 2 is 1.62 bits per heavy atom. The van der Waals surface area contributed by atoms with Gasteiger partial charge in [0.15, 0.2) is 0 Å². The minimum absolute atomic E-state index is 0. The zero-order valence-electron chi connectivity index (χ0n) is 8.58. The topological polar surface area (TPSA) is 66.4 Å². The summed E-state index contributed by atoms with van der Waals surface area (Å²) in [6.07, 6.45) is 0. The fraction of sp³-hybridized carbons (Fsp3) is 0. The molecule has 0 fully saturated rings. The average molecular weight is 246 g/mol. The first-order chi connectivity index (χ1) is 7.04. The van der Waals surface area contributed by atoms with Gasteiger partial charge in [0, 0.05) is 0 Å². The Labute approximate surface area is 115 Å². The summed E-state index contributed by atoms with van der Waals surface area (Å²) in [6, 6.07) is 12.0. The first-order valence-corrected chi connectivity index (χ1v) is 5.52. The fourth-order valence-electron chi connectivity index (χ4n) is 1.34. The maximum atomic E-state index is 10.4. The molecule has 2 rings (SSSR count). The molecule has 2 aromatic carbocycles. The standard InChI is InChI=1S/C10H8O4S.Na/c11-15(12,13)14-10-6-5-8-3-1-2-4-9(8)7-10;/h1-7H,(H,11,12,13);/q;+1/p-1. The Hall–Kier alpha value is -0.590. The third kappa shape index (κ3) is 3.47. The van der Waals surface area contributed by atoms with Crippen molar-refractivity contribution in [1.82, 2.24) is 0 Å². The number of rotatable bonds is 2. The van der Waals surface area contributed by atoms with Crippen molar-refractivity contribution in [2.24, 2.45) is 0 Å². The van der Waals surface area contributed by atoms with Gasteiger partial charge in [0.2, 0.25) is 0 Å². The van der Waals surface area contributed by atoms with Crippen LogP contribution < -0.4 is 33.7 Å². The van der Waals surface area contributed by atoms with Crippen molar-refractivity contribution in [3.8, 4) is 5.75 Å². The predicted molar refractivity (Wildman–Crippen MR) is 54.3 cm³/mol. The van der Waals surface area contributed by atoms with E-state index in [1.807, 2.05) is 18.2 Å². The molecule has 0 unspecified atom stereocenters. The van der Waals surface area contributed by atoms with Crippen molar-refractivity contribution in [3.63, 3.8) is 0 Å². The van der Waals surface area contributed by atoms with Gasteiger partial charge in [0.25, 0.3) is 10.4 Å². The van der Waals surface area contributed by atoms with Crippen LogP contribution in [0.25, 0.3) is 10.8 Å². The Kier molecular flexibility index (Phi) is 4.35. The van der Waals surface area contributed by atoms with Crippen LogP contribution in [0, 0.1) is 0 Å². The fourth-order valence-corrected chi connectivity index (χ4v) is 1.68. The molecule has 0 radical (unpaired) electrons. The number of benzene rings is 2. The molecule has 0 aliphatic heterocycles. The summed E-state index contributed by atoms with van der Waals surface area (Å²) < 4.78 is 35.3. The van der Waals surface area contributed by atoms with Crippen molar-refractivity contribution in [1.29, 1.82) is 0 Å². The van der Waals surface area contributed by atoms with E-state index in [1.54, 1.807) is 12.1 Å². The third-order valence-electron chi connectivity index (χ3n) is 1.92. The van der Waals surface area contributed by atoms with E-state index in [-0.39, 0.29) is 35.3 Å². The van der Waals surface area contributed by atoms with Crippen LogP contribution in [-0.4, -0.2) is 13.0 Å².